The minimum Gasteiger partial charge on any atom is -0.338 e. The zero-order chi connectivity index (χ0) is 23.1. The lowest BCUT2D eigenvalue weighted by molar-refractivity contribution is -0.133. The predicted octanol–water partition coefficient (Wildman–Crippen LogP) is 5.86. The maximum atomic E-state index is 14.2. The Bertz CT molecular complexity index is 1190. The molecule has 1 amide bonds. The topological polar surface area (TPSA) is 37.4 Å². The quantitative estimate of drug-likeness (QED) is 0.418. The van der Waals surface area contributed by atoms with Crippen LogP contribution < -0.4 is 0 Å². The summed E-state index contributed by atoms with van der Waals surface area (Å²) in [4.78, 5) is 31.0. The number of allylic oxidation sites excluding steroid dienone is 2. The Labute approximate surface area is 206 Å². The summed E-state index contributed by atoms with van der Waals surface area (Å²) in [6, 6.07) is 20.8. The van der Waals surface area contributed by atoms with Crippen LogP contribution in [0.5, 0.6) is 0 Å². The smallest absolute Gasteiger partial charge is 0.227 e. The van der Waals surface area contributed by atoms with Gasteiger partial charge in [0.15, 0.2) is 5.12 Å². The first-order chi connectivity index (χ1) is 16.5. The SMILES string of the molecule is C[C@]12CCCC[C@@]13C=C[C@]2(c1ccccc1)[C@@H]1C(=O)N2CC[C@H](C(=O)Sc4ccccc4)[C@H]2[C@@H]13. The van der Waals surface area contributed by atoms with Crippen LogP contribution in [0.2, 0.25) is 0 Å². The van der Waals surface area contributed by atoms with Gasteiger partial charge in [-0.05, 0) is 42.4 Å². The van der Waals surface area contributed by atoms with Gasteiger partial charge in [-0.15, -0.1) is 0 Å². The second-order valence-corrected chi connectivity index (χ2v) is 12.4. The number of rotatable bonds is 3. The van der Waals surface area contributed by atoms with Crippen LogP contribution in [0.15, 0.2) is 77.7 Å². The third kappa shape index (κ3) is 2.31. The Hall–Kier alpha value is -2.33. The van der Waals surface area contributed by atoms with E-state index >= 15 is 0 Å². The first-order valence-corrected chi connectivity index (χ1v) is 13.7. The van der Waals surface area contributed by atoms with Crippen molar-refractivity contribution in [2.75, 3.05) is 6.54 Å². The average molecular weight is 470 g/mol. The van der Waals surface area contributed by atoms with E-state index in [4.69, 9.17) is 0 Å². The molecule has 3 nitrogen and oxygen atoms in total. The fourth-order valence-electron chi connectivity index (χ4n) is 9.19. The van der Waals surface area contributed by atoms with Crippen molar-refractivity contribution in [1.29, 1.82) is 0 Å². The van der Waals surface area contributed by atoms with Gasteiger partial charge in [0.2, 0.25) is 5.91 Å². The van der Waals surface area contributed by atoms with Crippen LogP contribution in [0.1, 0.15) is 44.6 Å². The molecule has 2 aliphatic heterocycles. The first-order valence-electron chi connectivity index (χ1n) is 12.9. The van der Waals surface area contributed by atoms with Crippen LogP contribution in [-0.4, -0.2) is 28.5 Å². The van der Waals surface area contributed by atoms with E-state index in [1.54, 1.807) is 0 Å². The highest BCUT2D eigenvalue weighted by Crippen LogP contribution is 2.81. The molecule has 174 valence electrons. The molecule has 0 N–H and O–H groups in total. The number of thioether (sulfide) groups is 1. The molecule has 2 aromatic carbocycles. The summed E-state index contributed by atoms with van der Waals surface area (Å²) in [7, 11) is 0. The molecule has 0 spiro atoms. The van der Waals surface area contributed by atoms with Gasteiger partial charge >= 0.3 is 0 Å². The first kappa shape index (κ1) is 21.0. The molecule has 3 aliphatic carbocycles. The number of hydrogen-bond acceptors (Lipinski definition) is 3. The van der Waals surface area contributed by atoms with Crippen molar-refractivity contribution in [3.8, 4) is 0 Å². The summed E-state index contributed by atoms with van der Waals surface area (Å²) >= 11 is 1.37. The summed E-state index contributed by atoms with van der Waals surface area (Å²) in [6.45, 7) is 3.19. The second-order valence-electron chi connectivity index (χ2n) is 11.3. The van der Waals surface area contributed by atoms with Crippen LogP contribution >= 0.6 is 11.8 Å². The van der Waals surface area contributed by atoms with E-state index in [1.165, 1.54) is 30.2 Å². The fourth-order valence-corrected chi connectivity index (χ4v) is 10.1. The number of carbonyl (C=O) groups excluding carboxylic acids is 2. The van der Waals surface area contributed by atoms with Gasteiger partial charge in [0.05, 0.1) is 11.8 Å². The lowest BCUT2D eigenvalue weighted by Crippen LogP contribution is -2.51. The molecular weight excluding hydrogens is 438 g/mol. The second kappa shape index (κ2) is 7.10. The largest absolute Gasteiger partial charge is 0.338 e. The van der Waals surface area contributed by atoms with Crippen LogP contribution in [0.4, 0.5) is 0 Å². The number of hydrogen-bond donors (Lipinski definition) is 0. The number of amides is 1. The van der Waals surface area contributed by atoms with Crippen molar-refractivity contribution >= 4 is 22.8 Å². The summed E-state index contributed by atoms with van der Waals surface area (Å²) in [5.74, 6) is 0.400. The minimum absolute atomic E-state index is 0.00111. The molecule has 4 heteroatoms. The van der Waals surface area contributed by atoms with Crippen molar-refractivity contribution in [1.82, 2.24) is 4.90 Å². The molecule has 7 rings (SSSR count). The van der Waals surface area contributed by atoms with Gasteiger partial charge in [-0.1, -0.05) is 92.2 Å². The fraction of sp³-hybridized carbons (Fsp3) is 0.467. The summed E-state index contributed by atoms with van der Waals surface area (Å²) < 4.78 is 0. The molecule has 0 unspecified atom stereocenters. The number of carbonyl (C=O) groups is 2. The Morgan fingerprint density at radius 3 is 2.44 bits per heavy atom. The van der Waals surface area contributed by atoms with Gasteiger partial charge in [-0.25, -0.2) is 0 Å². The molecule has 2 aromatic rings. The third-order valence-electron chi connectivity index (χ3n) is 10.4. The van der Waals surface area contributed by atoms with E-state index in [2.05, 4.69) is 54.3 Å². The van der Waals surface area contributed by atoms with Crippen molar-refractivity contribution in [2.24, 2.45) is 28.6 Å². The van der Waals surface area contributed by atoms with Crippen molar-refractivity contribution < 1.29 is 9.59 Å². The molecule has 34 heavy (non-hydrogen) atoms. The van der Waals surface area contributed by atoms with Gasteiger partial charge < -0.3 is 4.90 Å². The zero-order valence-electron chi connectivity index (χ0n) is 19.7. The van der Waals surface area contributed by atoms with Crippen LogP contribution in [-0.2, 0) is 15.0 Å². The van der Waals surface area contributed by atoms with Gasteiger partial charge in [0.25, 0.3) is 0 Å². The van der Waals surface area contributed by atoms with E-state index in [0.717, 1.165) is 30.7 Å². The molecule has 2 heterocycles. The van der Waals surface area contributed by atoms with Crippen LogP contribution in [0.3, 0.4) is 0 Å². The molecular formula is C30H31NO2S. The lowest BCUT2D eigenvalue weighted by atomic mass is 9.52. The maximum Gasteiger partial charge on any atom is 0.227 e. The number of fused-ring (bicyclic) bond motifs is 4. The van der Waals surface area contributed by atoms with E-state index in [9.17, 15) is 9.59 Å². The van der Waals surface area contributed by atoms with Crippen molar-refractivity contribution in [2.45, 2.75) is 55.4 Å². The number of nitrogens with zero attached hydrogens (tertiary/aromatic N) is 1. The highest BCUT2D eigenvalue weighted by atomic mass is 32.2. The lowest BCUT2D eigenvalue weighted by Gasteiger charge is -2.52. The van der Waals surface area contributed by atoms with Crippen LogP contribution in [0, 0.1) is 28.6 Å². The van der Waals surface area contributed by atoms with E-state index in [0.29, 0.717) is 5.91 Å². The zero-order valence-corrected chi connectivity index (χ0v) is 20.5. The standard InChI is InChI=1S/C30H31NO2S/c1-28-15-8-9-16-29(28)17-18-30(28,20-10-4-2-5-11-20)24-23(29)25-22(14-19-31(25)26(24)32)27(33)34-21-12-6-3-7-13-21/h2-7,10-13,17-18,22-25H,8-9,14-16,19H2,1H3/t22-,23+,24-,25-,28-,29-,30-/m0/s1. The van der Waals surface area contributed by atoms with Gasteiger partial charge in [0, 0.05) is 34.2 Å². The summed E-state index contributed by atoms with van der Waals surface area (Å²) in [6.07, 6.45) is 10.5. The Kier molecular flexibility index (Phi) is 4.38. The summed E-state index contributed by atoms with van der Waals surface area (Å²) in [5, 5.41) is 0.238. The molecule has 5 aliphatic rings. The van der Waals surface area contributed by atoms with Crippen LogP contribution in [0.25, 0.3) is 0 Å². The number of benzene rings is 2. The predicted molar refractivity (Wildman–Crippen MR) is 134 cm³/mol. The maximum absolute atomic E-state index is 14.2. The molecule has 0 radical (unpaired) electrons. The monoisotopic (exact) mass is 469 g/mol. The highest BCUT2D eigenvalue weighted by Gasteiger charge is 2.81. The normalized spacial score (nSPS) is 41.4. The molecule has 7 atom stereocenters. The molecule has 2 saturated heterocycles. The van der Waals surface area contributed by atoms with E-state index < -0.39 is 0 Å². The molecule has 0 aromatic heterocycles. The van der Waals surface area contributed by atoms with Crippen molar-refractivity contribution in [3.05, 3.63) is 78.4 Å². The van der Waals surface area contributed by atoms with Crippen molar-refractivity contribution in [3.63, 3.8) is 0 Å². The Morgan fingerprint density at radius 2 is 1.68 bits per heavy atom. The van der Waals surface area contributed by atoms with Gasteiger partial charge in [0.1, 0.15) is 0 Å². The summed E-state index contributed by atoms with van der Waals surface area (Å²) in [5.41, 5.74) is 1.06. The van der Waals surface area contributed by atoms with E-state index in [1.807, 2.05) is 30.3 Å². The third-order valence-corrected chi connectivity index (χ3v) is 11.4. The molecule has 4 fully saturated rings. The van der Waals surface area contributed by atoms with Gasteiger partial charge in [-0.3, -0.25) is 9.59 Å². The Morgan fingerprint density at radius 1 is 0.971 bits per heavy atom. The molecule has 2 bridgehead atoms. The van der Waals surface area contributed by atoms with E-state index in [-0.39, 0.29) is 45.2 Å². The minimum atomic E-state index is -0.263. The molecule has 2 saturated carbocycles. The Balaban J connectivity index is 1.35. The highest BCUT2D eigenvalue weighted by molar-refractivity contribution is 8.13. The van der Waals surface area contributed by atoms with Gasteiger partial charge in [-0.2, -0.15) is 0 Å². The average Bonchev–Trinajstić information content (AvgIpc) is 3.55.